The third kappa shape index (κ3) is 4.94. The Morgan fingerprint density at radius 2 is 1.76 bits per heavy atom. The van der Waals surface area contributed by atoms with Crippen LogP contribution < -0.4 is 9.64 Å². The quantitative estimate of drug-likeness (QED) is 0.256. The molecule has 1 saturated heterocycles. The number of anilines is 1. The molecule has 1 atom stereocenters. The molecule has 7 nitrogen and oxygen atoms in total. The van der Waals surface area contributed by atoms with Gasteiger partial charge in [0.1, 0.15) is 11.5 Å². The van der Waals surface area contributed by atoms with Crippen LogP contribution in [0.15, 0.2) is 48.0 Å². The smallest absolute Gasteiger partial charge is 0.295 e. The van der Waals surface area contributed by atoms with Gasteiger partial charge in [-0.2, -0.15) is 0 Å². The molecule has 1 aliphatic rings. The molecule has 0 aromatic heterocycles. The highest BCUT2D eigenvalue weighted by Crippen LogP contribution is 2.40. The van der Waals surface area contributed by atoms with Crippen molar-refractivity contribution in [1.82, 2.24) is 4.90 Å². The molecular weight excluding hydrogens is 432 g/mol. The Kier molecular flexibility index (Phi) is 7.99. The van der Waals surface area contributed by atoms with E-state index in [9.17, 15) is 14.7 Å². The Morgan fingerprint density at radius 1 is 1.09 bits per heavy atom. The molecule has 1 aliphatic heterocycles. The molecule has 1 heterocycles. The van der Waals surface area contributed by atoms with Crippen LogP contribution in [0.4, 0.5) is 5.69 Å². The fourth-order valence-corrected chi connectivity index (χ4v) is 4.28. The van der Waals surface area contributed by atoms with Crippen LogP contribution in [0.3, 0.4) is 0 Å². The van der Waals surface area contributed by atoms with Crippen LogP contribution in [0, 0.1) is 0 Å². The molecule has 1 amide bonds. The average Bonchev–Trinajstić information content (AvgIpc) is 3.08. The minimum absolute atomic E-state index is 0.0971. The second kappa shape index (κ2) is 10.7. The lowest BCUT2D eigenvalue weighted by Crippen LogP contribution is -2.31. The number of likely N-dealkylation sites (tertiary alicyclic amines) is 1. The summed E-state index contributed by atoms with van der Waals surface area (Å²) in [6.07, 6.45) is 0.579. The van der Waals surface area contributed by atoms with Gasteiger partial charge in [-0.3, -0.25) is 9.59 Å². The molecule has 1 unspecified atom stereocenters. The molecule has 1 N–H and O–H groups in total. The van der Waals surface area contributed by atoms with Crippen LogP contribution in [0.5, 0.6) is 5.75 Å². The number of carbonyl (C=O) groups excluding carboxylic acids is 2. The molecule has 2 aromatic carbocycles. The van der Waals surface area contributed by atoms with Crippen molar-refractivity contribution in [1.29, 1.82) is 0 Å². The first-order valence-electron chi connectivity index (χ1n) is 11.4. The molecule has 2 aromatic rings. The number of benzene rings is 2. The highest BCUT2D eigenvalue weighted by Gasteiger charge is 2.45. The maximum atomic E-state index is 13.2. The highest BCUT2D eigenvalue weighted by atomic mass is 16.5. The topological polar surface area (TPSA) is 79.3 Å². The van der Waals surface area contributed by atoms with E-state index in [1.54, 1.807) is 26.4 Å². The Morgan fingerprint density at radius 3 is 2.32 bits per heavy atom. The summed E-state index contributed by atoms with van der Waals surface area (Å²) >= 11 is 0. The average molecular weight is 467 g/mol. The number of methoxy groups -OCH3 is 2. The van der Waals surface area contributed by atoms with Gasteiger partial charge in [-0.1, -0.05) is 26.0 Å². The molecular formula is C27H34N2O5. The summed E-state index contributed by atoms with van der Waals surface area (Å²) in [5.41, 5.74) is 3.25. The van der Waals surface area contributed by atoms with Crippen molar-refractivity contribution in [3.8, 4) is 5.75 Å². The van der Waals surface area contributed by atoms with Gasteiger partial charge in [0.2, 0.25) is 0 Å². The Balaban J connectivity index is 2.15. The maximum Gasteiger partial charge on any atom is 0.295 e. The van der Waals surface area contributed by atoms with Gasteiger partial charge < -0.3 is 24.4 Å². The van der Waals surface area contributed by atoms with Crippen LogP contribution >= 0.6 is 0 Å². The van der Waals surface area contributed by atoms with Crippen molar-refractivity contribution in [3.05, 3.63) is 64.7 Å². The van der Waals surface area contributed by atoms with E-state index in [-0.39, 0.29) is 17.3 Å². The molecule has 0 radical (unpaired) electrons. The zero-order valence-electron chi connectivity index (χ0n) is 20.8. The maximum absolute atomic E-state index is 13.2. The van der Waals surface area contributed by atoms with E-state index in [4.69, 9.17) is 9.47 Å². The van der Waals surface area contributed by atoms with Gasteiger partial charge in [-0.25, -0.2) is 0 Å². The Labute approximate surface area is 201 Å². The number of Topliss-reactive ketones (excluding diaryl/α,β-unsaturated/α-hetero) is 1. The molecule has 3 rings (SSSR count). The summed E-state index contributed by atoms with van der Waals surface area (Å²) < 4.78 is 10.6. The normalized spacial score (nSPS) is 17.5. The third-order valence-corrected chi connectivity index (χ3v) is 6.14. The number of nitrogens with zero attached hydrogens (tertiary/aromatic N) is 2. The van der Waals surface area contributed by atoms with Crippen LogP contribution in [0.1, 0.15) is 48.9 Å². The van der Waals surface area contributed by atoms with Gasteiger partial charge in [-0.05, 0) is 53.8 Å². The molecule has 0 spiro atoms. The fraction of sp³-hybridized carbons (Fsp3) is 0.407. The number of hydrogen-bond acceptors (Lipinski definition) is 6. The highest BCUT2D eigenvalue weighted by molar-refractivity contribution is 6.46. The van der Waals surface area contributed by atoms with Crippen molar-refractivity contribution < 1.29 is 24.2 Å². The lowest BCUT2D eigenvalue weighted by Gasteiger charge is -2.26. The number of carbonyl (C=O) groups is 2. The van der Waals surface area contributed by atoms with Crippen molar-refractivity contribution in [2.45, 2.75) is 32.2 Å². The number of aliphatic hydroxyl groups is 1. The summed E-state index contributed by atoms with van der Waals surface area (Å²) in [4.78, 5) is 29.7. The van der Waals surface area contributed by atoms with E-state index in [2.05, 4.69) is 0 Å². The lowest BCUT2D eigenvalue weighted by atomic mass is 9.93. The Bertz CT molecular complexity index is 1070. The largest absolute Gasteiger partial charge is 0.507 e. The van der Waals surface area contributed by atoms with E-state index >= 15 is 0 Å². The minimum atomic E-state index is -0.683. The van der Waals surface area contributed by atoms with Crippen molar-refractivity contribution >= 4 is 23.1 Å². The van der Waals surface area contributed by atoms with Crippen LogP contribution in [-0.2, 0) is 14.3 Å². The van der Waals surface area contributed by atoms with Crippen molar-refractivity contribution in [2.75, 3.05) is 46.4 Å². The monoisotopic (exact) mass is 466 g/mol. The van der Waals surface area contributed by atoms with Gasteiger partial charge in [-0.15, -0.1) is 0 Å². The zero-order chi connectivity index (χ0) is 25.0. The summed E-state index contributed by atoms with van der Waals surface area (Å²) in [5, 5.41) is 11.3. The first-order valence-corrected chi connectivity index (χ1v) is 11.4. The second-order valence-electron chi connectivity index (χ2n) is 8.94. The number of ether oxygens (including phenoxy) is 2. The van der Waals surface area contributed by atoms with Crippen molar-refractivity contribution in [3.63, 3.8) is 0 Å². The van der Waals surface area contributed by atoms with E-state index < -0.39 is 17.7 Å². The molecule has 0 aliphatic carbocycles. The number of aliphatic hydroxyl groups excluding tert-OH is 1. The van der Waals surface area contributed by atoms with Gasteiger partial charge in [0.15, 0.2) is 0 Å². The van der Waals surface area contributed by atoms with Crippen LogP contribution in [0.25, 0.3) is 5.76 Å². The molecule has 0 bridgehead atoms. The van der Waals surface area contributed by atoms with E-state index in [0.717, 1.165) is 16.8 Å². The fourth-order valence-electron chi connectivity index (χ4n) is 4.28. The second-order valence-corrected chi connectivity index (χ2v) is 8.94. The number of ketones is 1. The van der Waals surface area contributed by atoms with Crippen LogP contribution in [0.2, 0.25) is 0 Å². The molecule has 182 valence electrons. The van der Waals surface area contributed by atoms with Gasteiger partial charge >= 0.3 is 0 Å². The minimum Gasteiger partial charge on any atom is -0.507 e. The standard InChI is InChI=1S/C27H34N2O5/c1-17(2)21-16-19(10-13-22(21)34-6)25(30)23-24(18-8-11-20(12-9-18)28(3)4)29(14-7-15-33-5)27(32)26(23)31/h8-13,16-17,24,30H,7,14-15H2,1-6H3/b25-23-. The third-order valence-electron chi connectivity index (χ3n) is 6.14. The lowest BCUT2D eigenvalue weighted by molar-refractivity contribution is -0.140. The number of hydrogen-bond donors (Lipinski definition) is 1. The van der Waals surface area contributed by atoms with E-state index in [1.807, 2.05) is 63.2 Å². The van der Waals surface area contributed by atoms with Gasteiger partial charge in [0, 0.05) is 45.6 Å². The van der Waals surface area contributed by atoms with Gasteiger partial charge in [0.05, 0.1) is 18.7 Å². The Hall–Kier alpha value is -3.32. The molecule has 0 saturated carbocycles. The van der Waals surface area contributed by atoms with Gasteiger partial charge in [0.25, 0.3) is 11.7 Å². The molecule has 34 heavy (non-hydrogen) atoms. The van der Waals surface area contributed by atoms with Crippen LogP contribution in [-0.4, -0.2) is 63.2 Å². The predicted molar refractivity (Wildman–Crippen MR) is 133 cm³/mol. The first kappa shape index (κ1) is 25.3. The molecule has 1 fully saturated rings. The summed E-state index contributed by atoms with van der Waals surface area (Å²) in [6.45, 7) is 4.87. The van der Waals surface area contributed by atoms with E-state index in [1.165, 1.54) is 4.90 Å². The first-order chi connectivity index (χ1) is 16.2. The van der Waals surface area contributed by atoms with E-state index in [0.29, 0.717) is 30.9 Å². The van der Waals surface area contributed by atoms with Crippen molar-refractivity contribution in [2.24, 2.45) is 0 Å². The molecule has 7 heteroatoms. The predicted octanol–water partition coefficient (Wildman–Crippen LogP) is 4.34. The summed E-state index contributed by atoms with van der Waals surface area (Å²) in [7, 11) is 7.09. The zero-order valence-corrected chi connectivity index (χ0v) is 20.8. The number of amides is 1. The summed E-state index contributed by atoms with van der Waals surface area (Å²) in [5.74, 6) is -0.620. The SMILES string of the molecule is COCCCN1C(=O)C(=O)/C(=C(\O)c2ccc(OC)c(C(C)C)c2)C1c1ccc(N(C)C)cc1. The number of rotatable bonds is 9. The summed E-state index contributed by atoms with van der Waals surface area (Å²) in [6, 6.07) is 12.3.